The maximum absolute atomic E-state index is 6.16. The number of likely N-dealkylation sites (tertiary alicyclic amines) is 2. The van der Waals surface area contributed by atoms with Crippen LogP contribution in [0.5, 0.6) is 11.5 Å². The molecule has 2 aliphatic rings. The van der Waals surface area contributed by atoms with Crippen molar-refractivity contribution < 1.29 is 9.47 Å². The molecule has 4 nitrogen and oxygen atoms in total. The molecule has 0 N–H and O–H groups in total. The molecule has 0 atom stereocenters. The zero-order valence-electron chi connectivity index (χ0n) is 26.7. The first-order chi connectivity index (χ1) is 21.2. The number of hydrogen-bond donors (Lipinski definition) is 0. The summed E-state index contributed by atoms with van der Waals surface area (Å²) in [5, 5.41) is 0. The standard InChI is InChI=1S/C39H52N2O2/c1-3-38(33-14-12-32(2)13-15-33)39(34-16-20-36(21-17-34)42-30-10-28-40-24-6-4-7-25-40)35-18-22-37(23-19-35)43-31-11-29-41-26-8-5-9-27-41/h12-23H,3-11,24-31H2,1-2H3. The summed E-state index contributed by atoms with van der Waals surface area (Å²) < 4.78 is 12.3. The van der Waals surface area contributed by atoms with Crippen molar-refractivity contribution in [2.45, 2.75) is 71.6 Å². The Hall–Kier alpha value is -3.08. The van der Waals surface area contributed by atoms with Crippen LogP contribution < -0.4 is 9.47 Å². The zero-order valence-corrected chi connectivity index (χ0v) is 26.7. The Morgan fingerprint density at radius 3 is 1.40 bits per heavy atom. The fourth-order valence-electron chi connectivity index (χ4n) is 6.55. The van der Waals surface area contributed by atoms with Gasteiger partial charge in [0, 0.05) is 13.1 Å². The predicted octanol–water partition coefficient (Wildman–Crippen LogP) is 8.87. The van der Waals surface area contributed by atoms with Crippen LogP contribution in [0.15, 0.2) is 72.8 Å². The van der Waals surface area contributed by atoms with E-state index < -0.39 is 0 Å². The molecule has 0 unspecified atom stereocenters. The van der Waals surface area contributed by atoms with Gasteiger partial charge in [0.15, 0.2) is 0 Å². The van der Waals surface area contributed by atoms with Crippen LogP contribution >= 0.6 is 0 Å². The van der Waals surface area contributed by atoms with Crippen LogP contribution in [0.4, 0.5) is 0 Å². The highest BCUT2D eigenvalue weighted by Crippen LogP contribution is 2.36. The zero-order chi connectivity index (χ0) is 29.7. The number of piperidine rings is 2. The summed E-state index contributed by atoms with van der Waals surface area (Å²) in [4.78, 5) is 5.16. The van der Waals surface area contributed by atoms with Gasteiger partial charge >= 0.3 is 0 Å². The SMILES string of the molecule is CCC(=C(c1ccc(OCCCN2CCCCC2)cc1)c1ccc(OCCCN2CCCCC2)cc1)c1ccc(C)cc1. The van der Waals surface area contributed by atoms with Crippen molar-refractivity contribution in [2.24, 2.45) is 0 Å². The minimum Gasteiger partial charge on any atom is -0.494 e. The summed E-state index contributed by atoms with van der Waals surface area (Å²) in [7, 11) is 0. The van der Waals surface area contributed by atoms with Gasteiger partial charge in [-0.2, -0.15) is 0 Å². The molecule has 0 aromatic heterocycles. The second-order valence-electron chi connectivity index (χ2n) is 12.3. The van der Waals surface area contributed by atoms with Gasteiger partial charge in [0.05, 0.1) is 13.2 Å². The van der Waals surface area contributed by atoms with Crippen LogP contribution in [0.2, 0.25) is 0 Å². The molecule has 4 heteroatoms. The van der Waals surface area contributed by atoms with Crippen molar-refractivity contribution >= 4 is 11.1 Å². The molecule has 0 aliphatic carbocycles. The lowest BCUT2D eigenvalue weighted by molar-refractivity contribution is 0.205. The molecule has 3 aromatic carbocycles. The van der Waals surface area contributed by atoms with E-state index in [1.807, 2.05) is 0 Å². The maximum atomic E-state index is 6.16. The van der Waals surface area contributed by atoms with Crippen molar-refractivity contribution in [1.82, 2.24) is 9.80 Å². The number of nitrogens with zero attached hydrogens (tertiary/aromatic N) is 2. The normalized spacial score (nSPS) is 16.1. The van der Waals surface area contributed by atoms with Gasteiger partial charge in [-0.3, -0.25) is 0 Å². The molecule has 2 saturated heterocycles. The summed E-state index contributed by atoms with van der Waals surface area (Å²) in [6.07, 6.45) is 11.2. The number of aryl methyl sites for hydroxylation is 1. The average Bonchev–Trinajstić information content (AvgIpc) is 3.06. The molecule has 43 heavy (non-hydrogen) atoms. The summed E-state index contributed by atoms with van der Waals surface area (Å²) in [5.41, 5.74) is 7.62. The molecule has 0 amide bonds. The van der Waals surface area contributed by atoms with Gasteiger partial charge in [0.25, 0.3) is 0 Å². The van der Waals surface area contributed by atoms with Crippen LogP contribution in [0.3, 0.4) is 0 Å². The minimum atomic E-state index is 0.765. The number of hydrogen-bond acceptors (Lipinski definition) is 4. The van der Waals surface area contributed by atoms with E-state index in [0.29, 0.717) is 0 Å². The molecule has 5 rings (SSSR count). The lowest BCUT2D eigenvalue weighted by atomic mass is 9.88. The smallest absolute Gasteiger partial charge is 0.119 e. The van der Waals surface area contributed by atoms with Crippen molar-refractivity contribution in [1.29, 1.82) is 0 Å². The lowest BCUT2D eigenvalue weighted by Gasteiger charge is -2.26. The highest BCUT2D eigenvalue weighted by atomic mass is 16.5. The molecule has 0 radical (unpaired) electrons. The molecule has 2 fully saturated rings. The number of rotatable bonds is 14. The summed E-state index contributed by atoms with van der Waals surface area (Å²) >= 11 is 0. The third-order valence-corrected chi connectivity index (χ3v) is 9.01. The van der Waals surface area contributed by atoms with E-state index in [4.69, 9.17) is 9.47 Å². The Bertz CT molecular complexity index is 1180. The molecular formula is C39H52N2O2. The minimum absolute atomic E-state index is 0.765. The van der Waals surface area contributed by atoms with Gasteiger partial charge < -0.3 is 19.3 Å². The average molecular weight is 581 g/mol. The molecule has 230 valence electrons. The van der Waals surface area contributed by atoms with Crippen LogP contribution in [0, 0.1) is 6.92 Å². The number of allylic oxidation sites excluding steroid dienone is 1. The predicted molar refractivity (Wildman–Crippen MR) is 181 cm³/mol. The second kappa shape index (κ2) is 16.7. The maximum Gasteiger partial charge on any atom is 0.119 e. The Balaban J connectivity index is 1.27. The second-order valence-corrected chi connectivity index (χ2v) is 12.3. The van der Waals surface area contributed by atoms with Crippen LogP contribution in [-0.2, 0) is 0 Å². The third-order valence-electron chi connectivity index (χ3n) is 9.01. The third kappa shape index (κ3) is 9.45. The van der Waals surface area contributed by atoms with E-state index in [2.05, 4.69) is 96.4 Å². The first-order valence-electron chi connectivity index (χ1n) is 16.9. The van der Waals surface area contributed by atoms with Crippen molar-refractivity contribution in [3.8, 4) is 11.5 Å². The molecule has 3 aromatic rings. The van der Waals surface area contributed by atoms with E-state index in [9.17, 15) is 0 Å². The first kappa shape index (κ1) is 31.3. The Kier molecular flexibility index (Phi) is 12.2. The number of ether oxygens (including phenoxy) is 2. The fourth-order valence-corrected chi connectivity index (χ4v) is 6.55. The van der Waals surface area contributed by atoms with Gasteiger partial charge in [-0.1, -0.05) is 73.9 Å². The van der Waals surface area contributed by atoms with Gasteiger partial charge in [-0.15, -0.1) is 0 Å². The van der Waals surface area contributed by atoms with Gasteiger partial charge in [-0.25, -0.2) is 0 Å². The highest BCUT2D eigenvalue weighted by Gasteiger charge is 2.15. The van der Waals surface area contributed by atoms with E-state index in [1.165, 1.54) is 98.1 Å². The van der Waals surface area contributed by atoms with Gasteiger partial charge in [0.1, 0.15) is 11.5 Å². The quantitative estimate of drug-likeness (QED) is 0.140. The largest absolute Gasteiger partial charge is 0.494 e. The molecule has 2 aliphatic heterocycles. The molecule has 2 heterocycles. The molecular weight excluding hydrogens is 528 g/mol. The van der Waals surface area contributed by atoms with Gasteiger partial charge in [-0.05, 0) is 130 Å². The van der Waals surface area contributed by atoms with Crippen LogP contribution in [0.1, 0.15) is 87.0 Å². The molecule has 0 spiro atoms. The van der Waals surface area contributed by atoms with Crippen LogP contribution in [0.25, 0.3) is 11.1 Å². The van der Waals surface area contributed by atoms with E-state index in [1.54, 1.807) is 0 Å². The fraction of sp³-hybridized carbons (Fsp3) is 0.487. The Labute approximate surface area is 260 Å². The van der Waals surface area contributed by atoms with Gasteiger partial charge in [0.2, 0.25) is 0 Å². The number of benzene rings is 3. The topological polar surface area (TPSA) is 24.9 Å². The summed E-state index contributed by atoms with van der Waals surface area (Å²) in [6, 6.07) is 26.4. The van der Waals surface area contributed by atoms with Crippen molar-refractivity contribution in [2.75, 3.05) is 52.5 Å². The summed E-state index contributed by atoms with van der Waals surface area (Å²) in [6.45, 7) is 13.2. The van der Waals surface area contributed by atoms with Crippen molar-refractivity contribution in [3.05, 3.63) is 95.1 Å². The van der Waals surface area contributed by atoms with E-state index in [0.717, 1.165) is 57.1 Å². The Morgan fingerprint density at radius 1 is 0.558 bits per heavy atom. The lowest BCUT2D eigenvalue weighted by Crippen LogP contribution is -2.31. The van der Waals surface area contributed by atoms with E-state index >= 15 is 0 Å². The first-order valence-corrected chi connectivity index (χ1v) is 16.9. The van der Waals surface area contributed by atoms with Crippen LogP contribution in [-0.4, -0.2) is 62.3 Å². The summed E-state index contributed by atoms with van der Waals surface area (Å²) in [5.74, 6) is 1.90. The highest BCUT2D eigenvalue weighted by molar-refractivity contribution is 5.98. The molecule has 0 bridgehead atoms. The van der Waals surface area contributed by atoms with Crippen molar-refractivity contribution in [3.63, 3.8) is 0 Å². The molecule has 0 saturated carbocycles. The monoisotopic (exact) mass is 580 g/mol. The van der Waals surface area contributed by atoms with E-state index in [-0.39, 0.29) is 0 Å². The Morgan fingerprint density at radius 2 is 0.977 bits per heavy atom.